The number of aromatic nitrogens is 2. The maximum atomic E-state index is 13.3. The molecule has 0 atom stereocenters. The number of anilines is 1. The van der Waals surface area contributed by atoms with Crippen molar-refractivity contribution in [1.29, 1.82) is 0 Å². The summed E-state index contributed by atoms with van der Waals surface area (Å²) in [4.78, 5) is 44.3. The van der Waals surface area contributed by atoms with Crippen LogP contribution in [-0.2, 0) is 11.3 Å². The Balaban J connectivity index is 1.50. The molecule has 9 heteroatoms. The van der Waals surface area contributed by atoms with Gasteiger partial charge in [-0.2, -0.15) is 0 Å². The number of nitrogens with zero attached hydrogens (tertiary/aromatic N) is 3. The molecule has 0 saturated heterocycles. The first-order valence-electron chi connectivity index (χ1n) is 9.71. The molecule has 0 fully saturated rings. The van der Waals surface area contributed by atoms with E-state index in [1.54, 1.807) is 42.8 Å². The molecule has 3 heterocycles. The monoisotopic (exact) mass is 449 g/mol. The summed E-state index contributed by atoms with van der Waals surface area (Å²) in [5.41, 5.74) is 1.85. The van der Waals surface area contributed by atoms with E-state index in [-0.39, 0.29) is 36.2 Å². The summed E-state index contributed by atoms with van der Waals surface area (Å²) in [7, 11) is 1.62. The van der Waals surface area contributed by atoms with Gasteiger partial charge >= 0.3 is 0 Å². The summed E-state index contributed by atoms with van der Waals surface area (Å²) in [6, 6.07) is 10.7. The number of carbonyl (C=O) groups is 2. The normalized spacial score (nSPS) is 13.2. The summed E-state index contributed by atoms with van der Waals surface area (Å²) < 4.78 is 19.9. The Hall–Kier alpha value is -3.85. The van der Waals surface area contributed by atoms with Crippen LogP contribution in [0.2, 0.25) is 0 Å². The molecule has 160 valence electrons. The van der Waals surface area contributed by atoms with Gasteiger partial charge in [0.1, 0.15) is 16.4 Å². The van der Waals surface area contributed by atoms with Crippen molar-refractivity contribution in [1.82, 2.24) is 9.55 Å². The van der Waals surface area contributed by atoms with Crippen molar-refractivity contribution in [2.45, 2.75) is 6.54 Å². The standard InChI is InChI=1S/C23H16FN3O4S/c1-26-17-8-14(4-7-19(17)31-10-20(26)29)18(28)9-27-12-25-22-21(23(27)30)16(11-32-22)13-2-5-15(24)6-3-13/h2-8,11-12H,9-10H2,1H3. The van der Waals surface area contributed by atoms with Gasteiger partial charge < -0.3 is 9.64 Å². The Morgan fingerprint density at radius 3 is 2.75 bits per heavy atom. The third-order valence-electron chi connectivity index (χ3n) is 5.40. The van der Waals surface area contributed by atoms with Gasteiger partial charge in [0.15, 0.2) is 12.4 Å². The summed E-state index contributed by atoms with van der Waals surface area (Å²) >= 11 is 1.31. The first-order chi connectivity index (χ1) is 15.4. The lowest BCUT2D eigenvalue weighted by atomic mass is 10.1. The lowest BCUT2D eigenvalue weighted by Gasteiger charge is -2.26. The highest BCUT2D eigenvalue weighted by Gasteiger charge is 2.24. The van der Waals surface area contributed by atoms with E-state index in [0.29, 0.717) is 38.3 Å². The number of likely N-dealkylation sites (N-methyl/N-ethyl adjacent to an activating group) is 1. The van der Waals surface area contributed by atoms with Crippen LogP contribution in [0.1, 0.15) is 10.4 Å². The number of ether oxygens (including phenoxy) is 1. The van der Waals surface area contributed by atoms with E-state index in [1.165, 1.54) is 39.3 Å². The van der Waals surface area contributed by atoms with E-state index in [1.807, 2.05) is 0 Å². The molecule has 7 nitrogen and oxygen atoms in total. The number of amides is 1. The largest absolute Gasteiger partial charge is 0.482 e. The number of halogens is 1. The molecule has 0 aliphatic carbocycles. The number of benzene rings is 2. The fourth-order valence-electron chi connectivity index (χ4n) is 3.61. The molecule has 0 unspecified atom stereocenters. The van der Waals surface area contributed by atoms with Gasteiger partial charge in [-0.25, -0.2) is 9.37 Å². The van der Waals surface area contributed by atoms with Crippen LogP contribution in [0.25, 0.3) is 21.3 Å². The topological polar surface area (TPSA) is 81.5 Å². The van der Waals surface area contributed by atoms with Gasteiger partial charge in [-0.1, -0.05) is 12.1 Å². The Kier molecular flexibility index (Phi) is 4.82. The lowest BCUT2D eigenvalue weighted by molar-refractivity contribution is -0.120. The molecule has 0 radical (unpaired) electrons. The number of hydrogen-bond donors (Lipinski definition) is 0. The average molecular weight is 449 g/mol. The van der Waals surface area contributed by atoms with Crippen molar-refractivity contribution >= 4 is 38.9 Å². The first kappa shape index (κ1) is 20.1. The number of ketones is 1. The van der Waals surface area contributed by atoms with E-state index < -0.39 is 0 Å². The molecular formula is C23H16FN3O4S. The summed E-state index contributed by atoms with van der Waals surface area (Å²) in [6.45, 7) is -0.257. The minimum Gasteiger partial charge on any atom is -0.482 e. The smallest absolute Gasteiger partial charge is 0.264 e. The molecule has 1 aliphatic heterocycles. The highest BCUT2D eigenvalue weighted by atomic mass is 32.1. The van der Waals surface area contributed by atoms with Crippen molar-refractivity contribution < 1.29 is 18.7 Å². The minimum atomic E-state index is -0.364. The minimum absolute atomic E-state index is 0.0467. The van der Waals surface area contributed by atoms with Gasteiger partial charge in [0, 0.05) is 23.6 Å². The number of rotatable bonds is 4. The van der Waals surface area contributed by atoms with Crippen molar-refractivity contribution in [3.8, 4) is 16.9 Å². The zero-order chi connectivity index (χ0) is 22.4. The fourth-order valence-corrected chi connectivity index (χ4v) is 4.52. The zero-order valence-corrected chi connectivity index (χ0v) is 17.7. The molecule has 0 saturated carbocycles. The maximum Gasteiger partial charge on any atom is 0.264 e. The van der Waals surface area contributed by atoms with Crippen molar-refractivity contribution in [2.75, 3.05) is 18.6 Å². The second kappa shape index (κ2) is 7.69. The molecule has 5 rings (SSSR count). The Morgan fingerprint density at radius 2 is 1.97 bits per heavy atom. The first-order valence-corrected chi connectivity index (χ1v) is 10.6. The molecule has 4 aromatic rings. The van der Waals surface area contributed by atoms with Crippen LogP contribution < -0.4 is 15.2 Å². The second-order valence-corrected chi connectivity index (χ2v) is 8.22. The SMILES string of the molecule is CN1C(=O)COc2ccc(C(=O)Cn3cnc4scc(-c5ccc(F)cc5)c4c3=O)cc21. The van der Waals surface area contributed by atoms with Crippen LogP contribution in [0.4, 0.5) is 10.1 Å². The molecule has 2 aromatic heterocycles. The predicted octanol–water partition coefficient (Wildman–Crippen LogP) is 3.50. The highest BCUT2D eigenvalue weighted by Crippen LogP contribution is 2.33. The molecule has 32 heavy (non-hydrogen) atoms. The highest BCUT2D eigenvalue weighted by molar-refractivity contribution is 7.17. The molecule has 1 aliphatic rings. The Labute approximate surface area is 185 Å². The van der Waals surface area contributed by atoms with E-state index in [2.05, 4.69) is 4.98 Å². The average Bonchev–Trinajstić information content (AvgIpc) is 3.23. The lowest BCUT2D eigenvalue weighted by Crippen LogP contribution is -2.35. The molecule has 0 bridgehead atoms. The maximum absolute atomic E-state index is 13.3. The Bertz CT molecular complexity index is 1440. The zero-order valence-electron chi connectivity index (χ0n) is 16.9. The third-order valence-corrected chi connectivity index (χ3v) is 6.28. The van der Waals surface area contributed by atoms with Gasteiger partial charge in [-0.05, 0) is 35.9 Å². The number of hydrogen-bond acceptors (Lipinski definition) is 6. The van der Waals surface area contributed by atoms with Gasteiger partial charge in [0.25, 0.3) is 11.5 Å². The van der Waals surface area contributed by atoms with Crippen LogP contribution in [0, 0.1) is 5.82 Å². The molecule has 2 aromatic carbocycles. The molecule has 1 amide bonds. The number of fused-ring (bicyclic) bond motifs is 2. The third kappa shape index (κ3) is 3.36. The molecular weight excluding hydrogens is 433 g/mol. The van der Waals surface area contributed by atoms with Crippen molar-refractivity contribution in [3.05, 3.63) is 75.9 Å². The van der Waals surface area contributed by atoms with Crippen molar-refractivity contribution in [2.24, 2.45) is 0 Å². The molecule has 0 spiro atoms. The molecule has 0 N–H and O–H groups in total. The van der Waals surface area contributed by atoms with Crippen LogP contribution in [-0.4, -0.2) is 34.9 Å². The van der Waals surface area contributed by atoms with Gasteiger partial charge in [-0.15, -0.1) is 11.3 Å². The van der Waals surface area contributed by atoms with E-state index in [9.17, 15) is 18.8 Å². The number of thiophene rings is 1. The number of carbonyl (C=O) groups excluding carboxylic acids is 2. The van der Waals surface area contributed by atoms with Crippen LogP contribution in [0.3, 0.4) is 0 Å². The van der Waals surface area contributed by atoms with Gasteiger partial charge in [-0.3, -0.25) is 19.0 Å². The predicted molar refractivity (Wildman–Crippen MR) is 119 cm³/mol. The second-order valence-electron chi connectivity index (χ2n) is 7.36. The van der Waals surface area contributed by atoms with Crippen molar-refractivity contribution in [3.63, 3.8) is 0 Å². The van der Waals surface area contributed by atoms with E-state index in [4.69, 9.17) is 4.74 Å². The summed E-state index contributed by atoms with van der Waals surface area (Å²) in [5.74, 6) is -0.358. The fraction of sp³-hybridized carbons (Fsp3) is 0.130. The summed E-state index contributed by atoms with van der Waals surface area (Å²) in [6.07, 6.45) is 1.35. The van der Waals surface area contributed by atoms with Crippen LogP contribution in [0.15, 0.2) is 59.0 Å². The van der Waals surface area contributed by atoms with Gasteiger partial charge in [0.05, 0.1) is 23.9 Å². The summed E-state index contributed by atoms with van der Waals surface area (Å²) in [5, 5.41) is 2.19. The number of Topliss-reactive ketones (excluding diaryl/α,β-unsaturated/α-hetero) is 1. The van der Waals surface area contributed by atoms with Gasteiger partial charge in [0.2, 0.25) is 0 Å². The van der Waals surface area contributed by atoms with Crippen LogP contribution in [0.5, 0.6) is 5.75 Å². The quantitative estimate of drug-likeness (QED) is 0.446. The van der Waals surface area contributed by atoms with E-state index in [0.717, 1.165) is 0 Å². The Morgan fingerprint density at radius 1 is 1.19 bits per heavy atom. The van der Waals surface area contributed by atoms with E-state index >= 15 is 0 Å². The van der Waals surface area contributed by atoms with Crippen LogP contribution >= 0.6 is 11.3 Å².